The fourth-order valence-electron chi connectivity index (χ4n) is 2.95. The Morgan fingerprint density at radius 3 is 2.87 bits per heavy atom. The van der Waals surface area contributed by atoms with E-state index in [0.29, 0.717) is 6.10 Å². The zero-order valence-electron chi connectivity index (χ0n) is 10.0. The van der Waals surface area contributed by atoms with Crippen LogP contribution in [0.5, 0.6) is 0 Å². The molecule has 1 saturated heterocycles. The van der Waals surface area contributed by atoms with E-state index in [1.54, 1.807) is 0 Å². The summed E-state index contributed by atoms with van der Waals surface area (Å²) in [5.74, 6) is 1.92. The lowest BCUT2D eigenvalue weighted by Crippen LogP contribution is -2.25. The van der Waals surface area contributed by atoms with Crippen LogP contribution >= 0.6 is 0 Å². The lowest BCUT2D eigenvalue weighted by molar-refractivity contribution is 0.104. The minimum Gasteiger partial charge on any atom is -0.378 e. The van der Waals surface area contributed by atoms with Crippen LogP contribution in [0.1, 0.15) is 45.4 Å². The number of ether oxygens (including phenoxy) is 1. The molecule has 0 bridgehead atoms. The average Bonchev–Trinajstić information content (AvgIpc) is 2.84. The summed E-state index contributed by atoms with van der Waals surface area (Å²) in [7, 11) is 0. The van der Waals surface area contributed by atoms with Crippen molar-refractivity contribution in [2.45, 2.75) is 51.6 Å². The number of nitrogens with one attached hydrogen (secondary N) is 1. The van der Waals surface area contributed by atoms with Gasteiger partial charge in [0, 0.05) is 6.61 Å². The molecule has 3 atom stereocenters. The lowest BCUT2D eigenvalue weighted by atomic mass is 10.1. The van der Waals surface area contributed by atoms with Gasteiger partial charge in [0.2, 0.25) is 0 Å². The molecule has 0 aromatic carbocycles. The lowest BCUT2D eigenvalue weighted by Gasteiger charge is -2.13. The zero-order valence-corrected chi connectivity index (χ0v) is 10.0. The van der Waals surface area contributed by atoms with Crippen molar-refractivity contribution in [2.75, 3.05) is 19.7 Å². The van der Waals surface area contributed by atoms with Gasteiger partial charge in [-0.2, -0.15) is 0 Å². The standard InChI is InChI=1S/C13H25NO/c1-11-4-5-12(9-11)10-14-7-6-13-3-2-8-15-13/h11-14H,2-10H2,1H3. The van der Waals surface area contributed by atoms with Crippen LogP contribution in [-0.4, -0.2) is 25.8 Å². The van der Waals surface area contributed by atoms with E-state index in [4.69, 9.17) is 4.74 Å². The maximum absolute atomic E-state index is 5.60. The minimum atomic E-state index is 0.556. The van der Waals surface area contributed by atoms with Crippen molar-refractivity contribution < 1.29 is 4.74 Å². The Balaban J connectivity index is 1.48. The molecule has 2 nitrogen and oxygen atoms in total. The Morgan fingerprint density at radius 1 is 1.27 bits per heavy atom. The van der Waals surface area contributed by atoms with Gasteiger partial charge in [0.15, 0.2) is 0 Å². The Kier molecular flexibility index (Phi) is 4.45. The first-order valence-electron chi connectivity index (χ1n) is 6.67. The largest absolute Gasteiger partial charge is 0.378 e. The topological polar surface area (TPSA) is 21.3 Å². The van der Waals surface area contributed by atoms with Crippen LogP contribution in [0.4, 0.5) is 0 Å². The Bertz CT molecular complexity index is 177. The molecule has 1 N–H and O–H groups in total. The van der Waals surface area contributed by atoms with Gasteiger partial charge in [0.05, 0.1) is 6.10 Å². The van der Waals surface area contributed by atoms with E-state index in [1.165, 1.54) is 45.1 Å². The summed E-state index contributed by atoms with van der Waals surface area (Å²) in [4.78, 5) is 0. The molecule has 2 heteroatoms. The summed E-state index contributed by atoms with van der Waals surface area (Å²) in [5, 5.41) is 3.59. The maximum Gasteiger partial charge on any atom is 0.0588 e. The maximum atomic E-state index is 5.60. The number of hydrogen-bond donors (Lipinski definition) is 1. The number of hydrogen-bond acceptors (Lipinski definition) is 2. The molecule has 1 heterocycles. The predicted octanol–water partition coefficient (Wildman–Crippen LogP) is 2.58. The van der Waals surface area contributed by atoms with Crippen LogP contribution in [0.3, 0.4) is 0 Å². The SMILES string of the molecule is CC1CCC(CNCCC2CCCO2)C1. The number of rotatable bonds is 5. The Labute approximate surface area is 93.8 Å². The Morgan fingerprint density at radius 2 is 2.20 bits per heavy atom. The minimum absolute atomic E-state index is 0.556. The predicted molar refractivity (Wildman–Crippen MR) is 63.0 cm³/mol. The molecule has 0 radical (unpaired) electrons. The molecule has 2 rings (SSSR count). The monoisotopic (exact) mass is 211 g/mol. The molecular weight excluding hydrogens is 186 g/mol. The summed E-state index contributed by atoms with van der Waals surface area (Å²) in [6.45, 7) is 5.75. The van der Waals surface area contributed by atoms with Gasteiger partial charge in [-0.15, -0.1) is 0 Å². The van der Waals surface area contributed by atoms with E-state index in [2.05, 4.69) is 12.2 Å². The van der Waals surface area contributed by atoms with Crippen LogP contribution < -0.4 is 5.32 Å². The molecule has 1 aliphatic heterocycles. The van der Waals surface area contributed by atoms with Gasteiger partial charge in [-0.05, 0) is 57.0 Å². The van der Waals surface area contributed by atoms with Crippen molar-refractivity contribution in [2.24, 2.45) is 11.8 Å². The van der Waals surface area contributed by atoms with Gasteiger partial charge in [-0.25, -0.2) is 0 Å². The second-order valence-electron chi connectivity index (χ2n) is 5.41. The van der Waals surface area contributed by atoms with E-state index in [1.807, 2.05) is 0 Å². The van der Waals surface area contributed by atoms with Gasteiger partial charge in [0.1, 0.15) is 0 Å². The van der Waals surface area contributed by atoms with Crippen molar-refractivity contribution in [3.05, 3.63) is 0 Å². The van der Waals surface area contributed by atoms with Crippen LogP contribution in [0.25, 0.3) is 0 Å². The van der Waals surface area contributed by atoms with Crippen molar-refractivity contribution in [1.29, 1.82) is 0 Å². The van der Waals surface area contributed by atoms with Crippen molar-refractivity contribution >= 4 is 0 Å². The normalized spacial score (nSPS) is 36.2. The fourth-order valence-corrected chi connectivity index (χ4v) is 2.95. The van der Waals surface area contributed by atoms with E-state index >= 15 is 0 Å². The molecule has 3 unspecified atom stereocenters. The zero-order chi connectivity index (χ0) is 10.5. The first-order valence-corrected chi connectivity index (χ1v) is 6.67. The first-order chi connectivity index (χ1) is 7.34. The fraction of sp³-hybridized carbons (Fsp3) is 1.00. The van der Waals surface area contributed by atoms with E-state index in [0.717, 1.165) is 25.0 Å². The quantitative estimate of drug-likeness (QED) is 0.706. The summed E-state index contributed by atoms with van der Waals surface area (Å²) in [5.41, 5.74) is 0. The molecule has 1 aliphatic carbocycles. The summed E-state index contributed by atoms with van der Waals surface area (Å²) >= 11 is 0. The second kappa shape index (κ2) is 5.86. The molecule has 15 heavy (non-hydrogen) atoms. The molecule has 0 spiro atoms. The van der Waals surface area contributed by atoms with Crippen molar-refractivity contribution in [3.8, 4) is 0 Å². The summed E-state index contributed by atoms with van der Waals surface area (Å²) < 4.78 is 5.60. The molecule has 0 aromatic rings. The van der Waals surface area contributed by atoms with Crippen LogP contribution in [0.2, 0.25) is 0 Å². The highest BCUT2D eigenvalue weighted by atomic mass is 16.5. The average molecular weight is 211 g/mol. The highest BCUT2D eigenvalue weighted by molar-refractivity contribution is 4.75. The summed E-state index contributed by atoms with van der Waals surface area (Å²) in [6, 6.07) is 0. The molecule has 2 fully saturated rings. The molecule has 1 saturated carbocycles. The summed E-state index contributed by atoms with van der Waals surface area (Å²) in [6.07, 6.45) is 8.63. The molecule has 0 aromatic heterocycles. The van der Waals surface area contributed by atoms with Crippen LogP contribution in [0, 0.1) is 11.8 Å². The van der Waals surface area contributed by atoms with E-state index < -0.39 is 0 Å². The van der Waals surface area contributed by atoms with Crippen molar-refractivity contribution in [1.82, 2.24) is 5.32 Å². The highest BCUT2D eigenvalue weighted by Crippen LogP contribution is 2.29. The van der Waals surface area contributed by atoms with Crippen molar-refractivity contribution in [3.63, 3.8) is 0 Å². The van der Waals surface area contributed by atoms with E-state index in [-0.39, 0.29) is 0 Å². The van der Waals surface area contributed by atoms with Gasteiger partial charge < -0.3 is 10.1 Å². The van der Waals surface area contributed by atoms with Crippen LogP contribution in [-0.2, 0) is 4.74 Å². The Hall–Kier alpha value is -0.0800. The van der Waals surface area contributed by atoms with E-state index in [9.17, 15) is 0 Å². The van der Waals surface area contributed by atoms with Gasteiger partial charge in [0.25, 0.3) is 0 Å². The third-order valence-corrected chi connectivity index (χ3v) is 3.90. The molecule has 88 valence electrons. The van der Waals surface area contributed by atoms with Gasteiger partial charge in [-0.1, -0.05) is 13.3 Å². The smallest absolute Gasteiger partial charge is 0.0588 e. The third-order valence-electron chi connectivity index (χ3n) is 3.90. The van der Waals surface area contributed by atoms with Gasteiger partial charge >= 0.3 is 0 Å². The second-order valence-corrected chi connectivity index (χ2v) is 5.41. The van der Waals surface area contributed by atoms with Gasteiger partial charge in [-0.3, -0.25) is 0 Å². The molecular formula is C13H25NO. The third kappa shape index (κ3) is 3.76. The highest BCUT2D eigenvalue weighted by Gasteiger charge is 2.21. The molecule has 0 amide bonds. The first kappa shape index (κ1) is 11.4. The molecule has 2 aliphatic rings. The van der Waals surface area contributed by atoms with Crippen LogP contribution in [0.15, 0.2) is 0 Å².